The Balaban J connectivity index is 3.90. The molecule has 1 N–H and O–H groups in total. The van der Waals surface area contributed by atoms with Crippen LogP contribution in [0.5, 0.6) is 0 Å². The topological polar surface area (TPSA) is 64.6 Å². The zero-order chi connectivity index (χ0) is 11.7. The van der Waals surface area contributed by atoms with Crippen molar-refractivity contribution >= 4 is 21.6 Å². The summed E-state index contributed by atoms with van der Waals surface area (Å²) in [6.07, 6.45) is 0.180. The maximum Gasteiger partial charge on any atom is 0.211 e. The van der Waals surface area contributed by atoms with Crippen molar-refractivity contribution in [3.05, 3.63) is 0 Å². The molecule has 0 bridgehead atoms. The molecule has 0 radical (unpaired) electrons. The van der Waals surface area contributed by atoms with Gasteiger partial charge in [0.25, 0.3) is 0 Å². The summed E-state index contributed by atoms with van der Waals surface area (Å²) in [4.78, 5) is 0. The molecule has 0 fully saturated rings. The predicted molar refractivity (Wildman–Crippen MR) is 59.8 cm³/mol. The van der Waals surface area contributed by atoms with Crippen LogP contribution >= 0.6 is 11.6 Å². The van der Waals surface area contributed by atoms with E-state index < -0.39 is 10.0 Å². The van der Waals surface area contributed by atoms with Crippen LogP contribution < -0.4 is 4.72 Å². The third-order valence-corrected chi connectivity index (χ3v) is 3.46. The molecule has 92 valence electrons. The van der Waals surface area contributed by atoms with Gasteiger partial charge in [0, 0.05) is 26.6 Å². The van der Waals surface area contributed by atoms with Gasteiger partial charge >= 0.3 is 0 Å². The Bertz CT molecular complexity index is 245. The van der Waals surface area contributed by atoms with Crippen LogP contribution in [0.3, 0.4) is 0 Å². The number of sulfonamides is 1. The highest BCUT2D eigenvalue weighted by molar-refractivity contribution is 7.89. The Morgan fingerprint density at radius 3 is 2.53 bits per heavy atom. The largest absolute Gasteiger partial charge is 0.382 e. The maximum atomic E-state index is 11.3. The SMILES string of the molecule is COCC(CNS(=O)(=O)CCCCl)OC. The Morgan fingerprint density at radius 2 is 2.07 bits per heavy atom. The molecule has 5 nitrogen and oxygen atoms in total. The van der Waals surface area contributed by atoms with Crippen molar-refractivity contribution < 1.29 is 17.9 Å². The third-order valence-electron chi connectivity index (χ3n) is 1.76. The number of methoxy groups -OCH3 is 2. The van der Waals surface area contributed by atoms with E-state index in [9.17, 15) is 8.42 Å². The lowest BCUT2D eigenvalue weighted by Crippen LogP contribution is -2.36. The summed E-state index contributed by atoms with van der Waals surface area (Å²) in [6.45, 7) is 0.573. The number of hydrogen-bond donors (Lipinski definition) is 1. The summed E-state index contributed by atoms with van der Waals surface area (Å²) in [5.41, 5.74) is 0. The van der Waals surface area contributed by atoms with E-state index in [-0.39, 0.29) is 18.4 Å². The molecule has 0 saturated carbocycles. The Kier molecular flexibility index (Phi) is 8.36. The van der Waals surface area contributed by atoms with Gasteiger partial charge in [-0.05, 0) is 6.42 Å². The molecule has 0 aliphatic rings. The number of ether oxygens (including phenoxy) is 2. The van der Waals surface area contributed by atoms with Crippen LogP contribution in [-0.4, -0.2) is 53.5 Å². The molecule has 0 aromatic carbocycles. The van der Waals surface area contributed by atoms with E-state index in [0.29, 0.717) is 18.9 Å². The van der Waals surface area contributed by atoms with E-state index >= 15 is 0 Å². The van der Waals surface area contributed by atoms with Crippen molar-refractivity contribution in [1.82, 2.24) is 4.72 Å². The normalized spacial score (nSPS) is 14.1. The molecule has 0 aromatic rings. The van der Waals surface area contributed by atoms with Crippen molar-refractivity contribution in [1.29, 1.82) is 0 Å². The van der Waals surface area contributed by atoms with Gasteiger partial charge in [0.1, 0.15) is 0 Å². The summed E-state index contributed by atoms with van der Waals surface area (Å²) in [7, 11) is -0.191. The smallest absolute Gasteiger partial charge is 0.211 e. The van der Waals surface area contributed by atoms with Crippen LogP contribution in [-0.2, 0) is 19.5 Å². The first kappa shape index (κ1) is 15.1. The molecule has 0 aromatic heterocycles. The maximum absolute atomic E-state index is 11.3. The van der Waals surface area contributed by atoms with Gasteiger partial charge in [-0.3, -0.25) is 0 Å². The average molecular weight is 260 g/mol. The first-order chi connectivity index (χ1) is 7.05. The summed E-state index contributed by atoms with van der Waals surface area (Å²) >= 11 is 5.41. The second kappa shape index (κ2) is 8.29. The molecule has 0 rings (SSSR count). The van der Waals surface area contributed by atoms with Crippen molar-refractivity contribution in [2.24, 2.45) is 0 Å². The fourth-order valence-electron chi connectivity index (χ4n) is 0.933. The van der Waals surface area contributed by atoms with E-state index in [1.54, 1.807) is 0 Å². The number of halogens is 1. The van der Waals surface area contributed by atoms with Crippen LogP contribution in [0.2, 0.25) is 0 Å². The van der Waals surface area contributed by atoms with Crippen LogP contribution in [0.4, 0.5) is 0 Å². The minimum absolute atomic E-state index is 0.0416. The lowest BCUT2D eigenvalue weighted by Gasteiger charge is -2.14. The van der Waals surface area contributed by atoms with E-state index in [2.05, 4.69) is 4.72 Å². The molecule has 1 atom stereocenters. The minimum atomic E-state index is -3.24. The van der Waals surface area contributed by atoms with Crippen molar-refractivity contribution in [2.45, 2.75) is 12.5 Å². The highest BCUT2D eigenvalue weighted by Gasteiger charge is 2.13. The van der Waals surface area contributed by atoms with Gasteiger partial charge in [0.15, 0.2) is 0 Å². The van der Waals surface area contributed by atoms with Gasteiger partial charge in [0.05, 0.1) is 18.5 Å². The Hall–Kier alpha value is 0.120. The third kappa shape index (κ3) is 7.98. The molecule has 0 saturated heterocycles. The van der Waals surface area contributed by atoms with Crippen LogP contribution in [0.15, 0.2) is 0 Å². The molecule has 0 aliphatic heterocycles. The summed E-state index contributed by atoms with van der Waals surface area (Å²) in [5.74, 6) is 0.382. The summed E-state index contributed by atoms with van der Waals surface area (Å²) < 4.78 is 35.0. The van der Waals surface area contributed by atoms with E-state index in [1.165, 1.54) is 14.2 Å². The van der Waals surface area contributed by atoms with Gasteiger partial charge in [-0.15, -0.1) is 11.6 Å². The first-order valence-corrected chi connectivity index (χ1v) is 6.79. The van der Waals surface area contributed by atoms with Crippen LogP contribution in [0.25, 0.3) is 0 Å². The zero-order valence-electron chi connectivity index (χ0n) is 9.03. The van der Waals surface area contributed by atoms with Gasteiger partial charge < -0.3 is 9.47 Å². The number of rotatable bonds is 9. The highest BCUT2D eigenvalue weighted by Crippen LogP contribution is 1.94. The zero-order valence-corrected chi connectivity index (χ0v) is 10.6. The molecule has 0 heterocycles. The molecular weight excluding hydrogens is 242 g/mol. The molecular formula is C8H18ClNO4S. The molecule has 1 unspecified atom stereocenters. The molecule has 7 heteroatoms. The van der Waals surface area contributed by atoms with Gasteiger partial charge in [-0.1, -0.05) is 0 Å². The van der Waals surface area contributed by atoms with E-state index in [1.807, 2.05) is 0 Å². The molecule has 0 spiro atoms. The minimum Gasteiger partial charge on any atom is -0.382 e. The summed E-state index contributed by atoms with van der Waals surface area (Å²) in [6, 6.07) is 0. The lowest BCUT2D eigenvalue weighted by atomic mass is 10.4. The van der Waals surface area contributed by atoms with Gasteiger partial charge in [-0.25, -0.2) is 13.1 Å². The van der Waals surface area contributed by atoms with Crippen LogP contribution in [0, 0.1) is 0 Å². The van der Waals surface area contributed by atoms with Crippen molar-refractivity contribution in [3.63, 3.8) is 0 Å². The predicted octanol–water partition coefficient (Wildman–Crippen LogP) is 0.196. The average Bonchev–Trinajstić information content (AvgIpc) is 2.21. The van der Waals surface area contributed by atoms with Crippen LogP contribution in [0.1, 0.15) is 6.42 Å². The van der Waals surface area contributed by atoms with Gasteiger partial charge in [-0.2, -0.15) is 0 Å². The highest BCUT2D eigenvalue weighted by atomic mass is 35.5. The second-order valence-electron chi connectivity index (χ2n) is 3.02. The van der Waals surface area contributed by atoms with E-state index in [0.717, 1.165) is 0 Å². The Morgan fingerprint density at radius 1 is 1.40 bits per heavy atom. The van der Waals surface area contributed by atoms with Gasteiger partial charge in [0.2, 0.25) is 10.0 Å². The molecule has 0 aliphatic carbocycles. The molecule has 0 amide bonds. The number of hydrogen-bond acceptors (Lipinski definition) is 4. The van der Waals surface area contributed by atoms with E-state index in [4.69, 9.17) is 21.1 Å². The van der Waals surface area contributed by atoms with Crippen molar-refractivity contribution in [2.75, 3.05) is 39.0 Å². The van der Waals surface area contributed by atoms with Crippen molar-refractivity contribution in [3.8, 4) is 0 Å². The second-order valence-corrected chi connectivity index (χ2v) is 5.33. The quantitative estimate of drug-likeness (QED) is 0.601. The standard InChI is InChI=1S/C8H18ClNO4S/c1-13-7-8(14-2)6-10-15(11,12)5-3-4-9/h8,10H,3-7H2,1-2H3. The monoisotopic (exact) mass is 259 g/mol. The fraction of sp³-hybridized carbons (Fsp3) is 1.00. The number of nitrogens with one attached hydrogen (secondary N) is 1. The summed E-state index contributed by atoms with van der Waals surface area (Å²) in [5, 5.41) is 0. The lowest BCUT2D eigenvalue weighted by molar-refractivity contribution is 0.0320. The first-order valence-electron chi connectivity index (χ1n) is 4.60. The number of alkyl halides is 1. The fourth-order valence-corrected chi connectivity index (χ4v) is 2.33. The Labute approximate surface area is 96.1 Å². The molecule has 15 heavy (non-hydrogen) atoms.